The lowest BCUT2D eigenvalue weighted by molar-refractivity contribution is 0.0691. The number of fused-ring (bicyclic) bond motifs is 1. The first-order valence-corrected chi connectivity index (χ1v) is 11.3. The number of carboxylic acid groups (broad SMARTS) is 1. The highest BCUT2D eigenvalue weighted by Gasteiger charge is 2.27. The van der Waals surface area contributed by atoms with Crippen LogP contribution in [0.1, 0.15) is 41.7 Å². The number of carbonyl (C=O) groups is 1. The Morgan fingerprint density at radius 1 is 1.15 bits per heavy atom. The van der Waals surface area contributed by atoms with Gasteiger partial charge in [0.05, 0.1) is 35.3 Å². The van der Waals surface area contributed by atoms with E-state index in [0.717, 1.165) is 55.3 Å². The lowest BCUT2D eigenvalue weighted by Crippen LogP contribution is -2.46. The van der Waals surface area contributed by atoms with Gasteiger partial charge in [-0.1, -0.05) is 13.8 Å². The molecule has 8 nitrogen and oxygen atoms in total. The molecule has 1 N–H and O–H groups in total. The molecule has 1 aliphatic heterocycles. The molecule has 0 aliphatic carbocycles. The smallest absolute Gasteiger partial charge is 0.354 e. The minimum absolute atomic E-state index is 0.0425. The molecule has 0 spiro atoms. The molecule has 1 aromatic carbocycles. The minimum Gasteiger partial charge on any atom is -0.477 e. The Bertz CT molecular complexity index is 1310. The maximum atomic E-state index is 13.5. The Morgan fingerprint density at radius 2 is 1.88 bits per heavy atom. The molecule has 0 atom stereocenters. The van der Waals surface area contributed by atoms with Gasteiger partial charge in [0.1, 0.15) is 11.6 Å². The number of benzene rings is 1. The van der Waals surface area contributed by atoms with E-state index in [1.807, 2.05) is 26.0 Å². The number of halogens is 1. The van der Waals surface area contributed by atoms with E-state index in [0.29, 0.717) is 11.3 Å². The highest BCUT2D eigenvalue weighted by Crippen LogP contribution is 2.35. The molecular weight excluding hydrogens is 437 g/mol. The molecule has 0 saturated carbocycles. The SMILES string of the molecule is CC(C)c1nn(-c2ccc(F)cc2)c2nc(C(=O)O)cc(N3CCN(Cc4ccco4)CC3)c12. The van der Waals surface area contributed by atoms with Gasteiger partial charge in [-0.3, -0.25) is 4.90 Å². The maximum Gasteiger partial charge on any atom is 0.354 e. The van der Waals surface area contributed by atoms with Gasteiger partial charge in [-0.2, -0.15) is 5.10 Å². The number of carboxylic acids is 1. The van der Waals surface area contributed by atoms with Crippen LogP contribution in [-0.4, -0.2) is 56.9 Å². The highest BCUT2D eigenvalue weighted by atomic mass is 19.1. The summed E-state index contributed by atoms with van der Waals surface area (Å²) in [4.78, 5) is 20.9. The third-order valence-electron chi connectivity index (χ3n) is 6.15. The first kappa shape index (κ1) is 22.1. The Morgan fingerprint density at radius 3 is 2.50 bits per heavy atom. The average Bonchev–Trinajstić information content (AvgIpc) is 3.47. The predicted molar refractivity (Wildman–Crippen MR) is 126 cm³/mol. The van der Waals surface area contributed by atoms with Gasteiger partial charge < -0.3 is 14.4 Å². The molecular formula is C25H26FN5O3. The zero-order valence-electron chi connectivity index (χ0n) is 19.1. The van der Waals surface area contributed by atoms with Crippen molar-refractivity contribution < 1.29 is 18.7 Å². The molecule has 5 rings (SSSR count). The number of piperazine rings is 1. The fraction of sp³-hybridized carbons (Fsp3) is 0.320. The molecule has 34 heavy (non-hydrogen) atoms. The van der Waals surface area contributed by atoms with Crippen LogP contribution in [0.2, 0.25) is 0 Å². The van der Waals surface area contributed by atoms with Gasteiger partial charge in [-0.15, -0.1) is 0 Å². The van der Waals surface area contributed by atoms with E-state index in [1.54, 1.807) is 29.1 Å². The molecule has 0 unspecified atom stereocenters. The van der Waals surface area contributed by atoms with Crippen molar-refractivity contribution in [2.24, 2.45) is 0 Å². The van der Waals surface area contributed by atoms with E-state index >= 15 is 0 Å². The van der Waals surface area contributed by atoms with Crippen molar-refractivity contribution in [3.05, 3.63) is 71.7 Å². The van der Waals surface area contributed by atoms with E-state index in [2.05, 4.69) is 14.8 Å². The lowest BCUT2D eigenvalue weighted by atomic mass is 10.0. The summed E-state index contributed by atoms with van der Waals surface area (Å²) in [6.45, 7) is 7.94. The van der Waals surface area contributed by atoms with Gasteiger partial charge >= 0.3 is 5.97 Å². The number of pyridine rings is 1. The maximum absolute atomic E-state index is 13.5. The monoisotopic (exact) mass is 463 g/mol. The first-order valence-electron chi connectivity index (χ1n) is 11.3. The number of hydrogen-bond acceptors (Lipinski definition) is 6. The van der Waals surface area contributed by atoms with Crippen LogP contribution < -0.4 is 4.90 Å². The van der Waals surface area contributed by atoms with Crippen LogP contribution in [-0.2, 0) is 6.54 Å². The molecule has 3 aromatic heterocycles. The second-order valence-electron chi connectivity index (χ2n) is 8.80. The summed E-state index contributed by atoms with van der Waals surface area (Å²) in [6, 6.07) is 11.5. The van der Waals surface area contributed by atoms with Gasteiger partial charge in [0.2, 0.25) is 0 Å². The summed E-state index contributed by atoms with van der Waals surface area (Å²) in [6.07, 6.45) is 1.68. The third kappa shape index (κ3) is 4.14. The van der Waals surface area contributed by atoms with Crippen LogP contribution in [0.5, 0.6) is 0 Å². The quantitative estimate of drug-likeness (QED) is 0.456. The number of aromatic carboxylic acids is 1. The van der Waals surface area contributed by atoms with Crippen molar-refractivity contribution in [2.45, 2.75) is 26.3 Å². The van der Waals surface area contributed by atoms with E-state index in [-0.39, 0.29) is 17.4 Å². The van der Waals surface area contributed by atoms with Crippen LogP contribution >= 0.6 is 0 Å². The standard InChI is InChI=1S/C25H26FN5O3/c1-16(2)23-22-21(30-11-9-29(10-12-30)15-19-4-3-13-34-19)14-20(25(32)33)27-24(22)31(28-23)18-7-5-17(26)6-8-18/h3-8,13-14,16H,9-12,15H2,1-2H3,(H,32,33). The van der Waals surface area contributed by atoms with Crippen molar-refractivity contribution in [2.75, 3.05) is 31.1 Å². The number of hydrogen-bond donors (Lipinski definition) is 1. The predicted octanol–water partition coefficient (Wildman–Crippen LogP) is 4.30. The fourth-order valence-corrected chi connectivity index (χ4v) is 4.42. The van der Waals surface area contributed by atoms with Crippen molar-refractivity contribution in [1.82, 2.24) is 19.7 Å². The molecule has 1 saturated heterocycles. The Labute approximate surface area is 196 Å². The summed E-state index contributed by atoms with van der Waals surface area (Å²) in [5.41, 5.74) is 2.69. The summed E-state index contributed by atoms with van der Waals surface area (Å²) in [5, 5.41) is 15.4. The van der Waals surface area contributed by atoms with Gasteiger partial charge in [0, 0.05) is 26.2 Å². The summed E-state index contributed by atoms with van der Waals surface area (Å²) in [7, 11) is 0. The van der Waals surface area contributed by atoms with Crippen molar-refractivity contribution in [1.29, 1.82) is 0 Å². The topological polar surface area (TPSA) is 87.6 Å². The Hall–Kier alpha value is -3.72. The fourth-order valence-electron chi connectivity index (χ4n) is 4.42. The molecule has 9 heteroatoms. The molecule has 1 fully saturated rings. The van der Waals surface area contributed by atoms with Gasteiger partial charge in [-0.25, -0.2) is 18.9 Å². The Kier molecular flexibility index (Phi) is 5.79. The van der Waals surface area contributed by atoms with Gasteiger partial charge in [0.25, 0.3) is 0 Å². The molecule has 0 amide bonds. The zero-order chi connectivity index (χ0) is 23.8. The molecule has 0 bridgehead atoms. The van der Waals surface area contributed by atoms with E-state index in [4.69, 9.17) is 9.52 Å². The zero-order valence-corrected chi connectivity index (χ0v) is 19.1. The van der Waals surface area contributed by atoms with Crippen molar-refractivity contribution in [3.8, 4) is 5.69 Å². The summed E-state index contributed by atoms with van der Waals surface area (Å²) < 4.78 is 20.6. The first-order chi connectivity index (χ1) is 16.4. The second-order valence-corrected chi connectivity index (χ2v) is 8.80. The average molecular weight is 464 g/mol. The Balaban J connectivity index is 1.57. The number of rotatable bonds is 6. The third-order valence-corrected chi connectivity index (χ3v) is 6.15. The molecule has 176 valence electrons. The van der Waals surface area contributed by atoms with Crippen LogP contribution in [0.25, 0.3) is 16.7 Å². The number of anilines is 1. The lowest BCUT2D eigenvalue weighted by Gasteiger charge is -2.36. The van der Waals surface area contributed by atoms with E-state index in [1.165, 1.54) is 12.1 Å². The minimum atomic E-state index is -1.10. The summed E-state index contributed by atoms with van der Waals surface area (Å²) >= 11 is 0. The van der Waals surface area contributed by atoms with E-state index < -0.39 is 5.97 Å². The largest absolute Gasteiger partial charge is 0.477 e. The number of furan rings is 1. The van der Waals surface area contributed by atoms with Crippen LogP contribution in [0.15, 0.2) is 53.1 Å². The van der Waals surface area contributed by atoms with Gasteiger partial charge in [-0.05, 0) is 48.4 Å². The van der Waals surface area contributed by atoms with Crippen LogP contribution in [0, 0.1) is 5.82 Å². The van der Waals surface area contributed by atoms with Crippen molar-refractivity contribution in [3.63, 3.8) is 0 Å². The highest BCUT2D eigenvalue weighted by molar-refractivity contribution is 5.98. The number of aromatic nitrogens is 3. The van der Waals surface area contributed by atoms with Crippen LogP contribution in [0.3, 0.4) is 0 Å². The molecule has 4 heterocycles. The molecule has 4 aromatic rings. The molecule has 0 radical (unpaired) electrons. The van der Waals surface area contributed by atoms with Crippen molar-refractivity contribution >= 4 is 22.7 Å². The normalized spacial score (nSPS) is 14.9. The number of nitrogens with zero attached hydrogens (tertiary/aromatic N) is 5. The van der Waals surface area contributed by atoms with Gasteiger partial charge in [0.15, 0.2) is 11.3 Å². The van der Waals surface area contributed by atoms with E-state index in [9.17, 15) is 14.3 Å². The summed E-state index contributed by atoms with van der Waals surface area (Å²) in [5.74, 6) is -0.439. The molecule has 1 aliphatic rings. The second kappa shape index (κ2) is 8.90. The van der Waals surface area contributed by atoms with Crippen LogP contribution in [0.4, 0.5) is 10.1 Å².